The van der Waals surface area contributed by atoms with Crippen LogP contribution >= 0.6 is 0 Å². The van der Waals surface area contributed by atoms with Gasteiger partial charge in [-0.1, -0.05) is 58.9 Å². The predicted octanol–water partition coefficient (Wildman–Crippen LogP) is 4.72. The van der Waals surface area contributed by atoms with Crippen molar-refractivity contribution in [3.8, 4) is 0 Å². The van der Waals surface area contributed by atoms with E-state index in [9.17, 15) is 13.2 Å². The molecule has 4 unspecified atom stereocenters. The van der Waals surface area contributed by atoms with Crippen molar-refractivity contribution in [3.05, 3.63) is 35.4 Å². The van der Waals surface area contributed by atoms with Crippen LogP contribution in [0.2, 0.25) is 0 Å². The highest BCUT2D eigenvalue weighted by Crippen LogP contribution is 2.58. The van der Waals surface area contributed by atoms with Crippen LogP contribution in [-0.4, -0.2) is 52.9 Å². The van der Waals surface area contributed by atoms with Gasteiger partial charge >= 0.3 is 6.03 Å². The number of carbonyl (C=O) groups is 1. The molecule has 0 heterocycles. The van der Waals surface area contributed by atoms with E-state index in [-0.39, 0.29) is 34.6 Å². The number of benzene rings is 1. The number of hydrogen-bond acceptors (Lipinski definition) is 4. The second-order valence-corrected chi connectivity index (χ2v) is 14.1. The minimum atomic E-state index is -3.56. The number of amides is 2. The van der Waals surface area contributed by atoms with Crippen LogP contribution in [0.5, 0.6) is 0 Å². The Kier molecular flexibility index (Phi) is 10.3. The Morgan fingerprint density at radius 3 is 2.45 bits per heavy atom. The molecule has 4 N–H and O–H groups in total. The fraction of sp³-hybridized carbons (Fsp3) is 0.767. The smallest absolute Gasteiger partial charge is 0.315 e. The lowest BCUT2D eigenvalue weighted by atomic mass is 9.63. The minimum absolute atomic E-state index is 0.0245. The van der Waals surface area contributed by atoms with Crippen molar-refractivity contribution in [1.82, 2.24) is 20.7 Å². The van der Waals surface area contributed by atoms with Crippen molar-refractivity contribution in [2.45, 2.75) is 97.4 Å². The van der Waals surface area contributed by atoms with Gasteiger partial charge in [0.2, 0.25) is 10.0 Å². The maximum atomic E-state index is 13.6. The summed E-state index contributed by atoms with van der Waals surface area (Å²) < 4.78 is 30.2. The summed E-state index contributed by atoms with van der Waals surface area (Å²) in [5, 5.41) is 9.28. The molecule has 2 amide bonds. The van der Waals surface area contributed by atoms with Crippen LogP contribution in [0.1, 0.15) is 90.7 Å². The highest BCUT2D eigenvalue weighted by atomic mass is 32.2. The van der Waals surface area contributed by atoms with Crippen LogP contribution in [0.15, 0.2) is 24.3 Å². The topological polar surface area (TPSA) is 99.3 Å². The molecule has 3 rings (SSSR count). The normalized spacial score (nSPS) is 28.3. The van der Waals surface area contributed by atoms with Crippen LogP contribution in [0.4, 0.5) is 4.79 Å². The lowest BCUT2D eigenvalue weighted by Crippen LogP contribution is -2.56. The monoisotopic (exact) mass is 548 g/mol. The van der Waals surface area contributed by atoms with Gasteiger partial charge in [-0.3, -0.25) is 0 Å². The fourth-order valence-corrected chi connectivity index (χ4v) is 9.31. The van der Waals surface area contributed by atoms with E-state index in [4.69, 9.17) is 0 Å². The van der Waals surface area contributed by atoms with Gasteiger partial charge in [-0.05, 0) is 92.8 Å². The zero-order chi connectivity index (χ0) is 28.0. The minimum Gasteiger partial charge on any atom is -0.338 e. The van der Waals surface area contributed by atoms with Crippen LogP contribution in [0.3, 0.4) is 0 Å². The Bertz CT molecular complexity index is 1040. The number of aryl methyl sites for hydroxylation is 1. The average molecular weight is 549 g/mol. The van der Waals surface area contributed by atoms with E-state index in [0.29, 0.717) is 19.5 Å². The van der Waals surface area contributed by atoms with Gasteiger partial charge < -0.3 is 16.0 Å². The molecule has 7 nitrogen and oxygen atoms in total. The summed E-state index contributed by atoms with van der Waals surface area (Å²) in [6.07, 6.45) is 7.31. The highest BCUT2D eigenvalue weighted by molar-refractivity contribution is 7.89. The van der Waals surface area contributed by atoms with Crippen molar-refractivity contribution in [1.29, 1.82) is 0 Å². The number of fused-ring (bicyclic) bond motifs is 1. The third kappa shape index (κ3) is 6.39. The lowest BCUT2D eigenvalue weighted by Gasteiger charge is -2.46. The summed E-state index contributed by atoms with van der Waals surface area (Å²) >= 11 is 0. The first-order valence-corrected chi connectivity index (χ1v) is 16.4. The summed E-state index contributed by atoms with van der Waals surface area (Å²) in [7, 11) is -1.64. The number of unbranched alkanes of at least 4 members (excludes halogenated alkanes) is 1. The first-order chi connectivity index (χ1) is 18.0. The van der Waals surface area contributed by atoms with Crippen molar-refractivity contribution in [3.63, 3.8) is 0 Å². The Morgan fingerprint density at radius 2 is 1.76 bits per heavy atom. The Labute approximate surface area is 231 Å². The standard InChI is InChI=1S/C30H52N4O3S/c1-7-29(16-15-24-13-9-10-14-25(24)29)17-20-33-38(36,37)22-30(8-2)26(21-23(3)28(30,4)5)34-27(35)32-19-12-11-18-31-6/h9-10,13-14,23,26,31,33H,7-8,11-12,15-22H2,1-6H3,(H2,32,34,35). The number of rotatable bonds is 14. The maximum Gasteiger partial charge on any atom is 0.315 e. The van der Waals surface area contributed by atoms with Crippen molar-refractivity contribution in [2.75, 3.05) is 32.4 Å². The predicted molar refractivity (Wildman–Crippen MR) is 157 cm³/mol. The molecule has 1 saturated carbocycles. The first kappa shape index (κ1) is 30.9. The Morgan fingerprint density at radius 1 is 1.05 bits per heavy atom. The summed E-state index contributed by atoms with van der Waals surface area (Å²) in [4.78, 5) is 12.8. The van der Waals surface area contributed by atoms with Crippen LogP contribution in [-0.2, 0) is 21.9 Å². The van der Waals surface area contributed by atoms with Gasteiger partial charge in [0, 0.05) is 24.5 Å². The maximum absolute atomic E-state index is 13.6. The molecule has 1 aromatic rings. The molecule has 216 valence electrons. The van der Waals surface area contributed by atoms with Crippen LogP contribution < -0.4 is 20.7 Å². The Balaban J connectivity index is 1.68. The van der Waals surface area contributed by atoms with E-state index in [2.05, 4.69) is 79.6 Å². The number of nitrogens with one attached hydrogen (secondary N) is 4. The van der Waals surface area contributed by atoms with E-state index in [0.717, 1.165) is 51.5 Å². The van der Waals surface area contributed by atoms with Crippen LogP contribution in [0, 0.1) is 16.7 Å². The lowest BCUT2D eigenvalue weighted by molar-refractivity contribution is 0.0760. The summed E-state index contributed by atoms with van der Waals surface area (Å²) in [5.74, 6) is 0.313. The van der Waals surface area contributed by atoms with Gasteiger partial charge in [-0.25, -0.2) is 17.9 Å². The molecule has 0 aromatic heterocycles. The van der Waals surface area contributed by atoms with Crippen molar-refractivity contribution >= 4 is 16.1 Å². The summed E-state index contributed by atoms with van der Waals surface area (Å²) in [5.41, 5.74) is 2.04. The second-order valence-electron chi connectivity index (χ2n) is 12.3. The zero-order valence-electron chi connectivity index (χ0n) is 24.6. The van der Waals surface area contributed by atoms with E-state index in [1.807, 2.05) is 7.05 Å². The summed E-state index contributed by atoms with van der Waals surface area (Å²) in [6.45, 7) is 12.8. The van der Waals surface area contributed by atoms with Gasteiger partial charge in [0.05, 0.1) is 5.75 Å². The largest absolute Gasteiger partial charge is 0.338 e. The van der Waals surface area contributed by atoms with Gasteiger partial charge in [0.1, 0.15) is 0 Å². The van der Waals surface area contributed by atoms with Crippen molar-refractivity contribution < 1.29 is 13.2 Å². The second kappa shape index (κ2) is 12.7. The van der Waals surface area contributed by atoms with Gasteiger partial charge in [-0.15, -0.1) is 0 Å². The van der Waals surface area contributed by atoms with E-state index in [1.165, 1.54) is 11.1 Å². The molecule has 1 fully saturated rings. The molecule has 8 heteroatoms. The molecule has 1 aromatic carbocycles. The van der Waals surface area contributed by atoms with Gasteiger partial charge in [0.15, 0.2) is 0 Å². The highest BCUT2D eigenvalue weighted by Gasteiger charge is 2.59. The molecule has 0 spiro atoms. The number of carbonyl (C=O) groups excluding carboxylic acids is 1. The van der Waals surface area contributed by atoms with E-state index in [1.54, 1.807) is 0 Å². The molecular formula is C30H52N4O3S. The molecule has 0 bridgehead atoms. The number of hydrogen-bond donors (Lipinski definition) is 4. The molecule has 0 radical (unpaired) electrons. The van der Waals surface area contributed by atoms with E-state index < -0.39 is 15.4 Å². The molecule has 4 atom stereocenters. The molecule has 38 heavy (non-hydrogen) atoms. The SMILES string of the molecule is CCC1(CCNS(=O)(=O)CC2(CC)C(NC(=O)NCCCCNC)CC(C)C2(C)C)CCc2ccccc21. The fourth-order valence-electron chi connectivity index (χ4n) is 7.34. The quantitative estimate of drug-likeness (QED) is 0.253. The van der Waals surface area contributed by atoms with Gasteiger partial charge in [0.25, 0.3) is 0 Å². The van der Waals surface area contributed by atoms with Crippen LogP contribution in [0.25, 0.3) is 0 Å². The first-order valence-electron chi connectivity index (χ1n) is 14.7. The molecule has 2 aliphatic rings. The van der Waals surface area contributed by atoms with E-state index >= 15 is 0 Å². The average Bonchev–Trinajstić information content (AvgIpc) is 3.33. The third-order valence-electron chi connectivity index (χ3n) is 10.4. The van der Waals surface area contributed by atoms with Crippen molar-refractivity contribution in [2.24, 2.45) is 16.7 Å². The number of sulfonamides is 1. The zero-order valence-corrected chi connectivity index (χ0v) is 25.4. The van der Waals surface area contributed by atoms with Gasteiger partial charge in [-0.2, -0.15) is 0 Å². The molecule has 2 aliphatic carbocycles. The third-order valence-corrected chi connectivity index (χ3v) is 11.9. The number of urea groups is 1. The Hall–Kier alpha value is -1.64. The molecule has 0 aliphatic heterocycles. The molecule has 0 saturated heterocycles. The summed E-state index contributed by atoms with van der Waals surface area (Å²) in [6, 6.07) is 8.22. The molecular weight excluding hydrogens is 496 g/mol.